The molecule has 0 aliphatic rings. The molecule has 0 spiro atoms. The van der Waals surface area contributed by atoms with E-state index in [1.54, 1.807) is 7.11 Å². The fourth-order valence-corrected chi connectivity index (χ4v) is 7.05. The molecule has 1 atom stereocenters. The molecule has 0 heterocycles. The second-order valence-corrected chi connectivity index (χ2v) is 11.5. The second-order valence-electron chi connectivity index (χ2n) is 6.86. The number of hydrogen-bond donors (Lipinski definition) is 0. The summed E-state index contributed by atoms with van der Waals surface area (Å²) in [6, 6.07) is 17.5. The third-order valence-corrected chi connectivity index (χ3v) is 9.06. The predicted octanol–water partition coefficient (Wildman–Crippen LogP) is 2.90. The van der Waals surface area contributed by atoms with Gasteiger partial charge in [-0.15, -0.1) is 0 Å². The van der Waals surface area contributed by atoms with Gasteiger partial charge in [0.05, 0.1) is 29.4 Å². The average Bonchev–Trinajstić information content (AvgIpc) is 2.71. The van der Waals surface area contributed by atoms with Crippen LogP contribution in [0.15, 0.2) is 54.6 Å². The molecule has 1 unspecified atom stereocenters. The van der Waals surface area contributed by atoms with E-state index in [-0.39, 0.29) is 5.54 Å². The van der Waals surface area contributed by atoms with Crippen molar-refractivity contribution in [3.8, 4) is 5.75 Å². The van der Waals surface area contributed by atoms with Crippen LogP contribution in [0.25, 0.3) is 0 Å². The van der Waals surface area contributed by atoms with Crippen LogP contribution >= 0.6 is 0 Å². The summed E-state index contributed by atoms with van der Waals surface area (Å²) in [5.41, 5.74) is 0.530. The lowest BCUT2D eigenvalue weighted by Crippen LogP contribution is -2.53. The van der Waals surface area contributed by atoms with Gasteiger partial charge in [0.15, 0.2) is 5.92 Å². The van der Waals surface area contributed by atoms with Crippen molar-refractivity contribution in [1.29, 1.82) is 0 Å². The lowest BCUT2D eigenvalue weighted by molar-refractivity contribution is -0.159. The Morgan fingerprint density at radius 3 is 1.78 bits per heavy atom. The minimum Gasteiger partial charge on any atom is -0.497 e. The van der Waals surface area contributed by atoms with Crippen LogP contribution in [-0.2, 0) is 19.1 Å². The van der Waals surface area contributed by atoms with E-state index in [4.69, 9.17) is 14.2 Å². The molecule has 2 aromatic rings. The summed E-state index contributed by atoms with van der Waals surface area (Å²) in [5.74, 6) is -1.49. The van der Waals surface area contributed by atoms with E-state index in [9.17, 15) is 9.59 Å². The Morgan fingerprint density at radius 2 is 1.33 bits per heavy atom. The largest absolute Gasteiger partial charge is 0.497 e. The maximum absolute atomic E-state index is 12.6. The first kappa shape index (κ1) is 20.7. The molecule has 6 heteroatoms. The summed E-state index contributed by atoms with van der Waals surface area (Å²) in [4.78, 5) is 25.2. The minimum atomic E-state index is -2.34. The van der Waals surface area contributed by atoms with Gasteiger partial charge in [-0.2, -0.15) is 0 Å². The number of hydrogen-bond acceptors (Lipinski definition) is 5. The summed E-state index contributed by atoms with van der Waals surface area (Å²) in [6.07, 6.45) is 0. The maximum atomic E-state index is 12.6. The van der Waals surface area contributed by atoms with Gasteiger partial charge in [0.25, 0.3) is 0 Å². The van der Waals surface area contributed by atoms with E-state index in [1.807, 2.05) is 54.6 Å². The molecule has 27 heavy (non-hydrogen) atoms. The second kappa shape index (κ2) is 8.86. The van der Waals surface area contributed by atoms with Gasteiger partial charge in [-0.25, -0.2) is 0 Å². The van der Waals surface area contributed by atoms with E-state index >= 15 is 0 Å². The summed E-state index contributed by atoms with van der Waals surface area (Å²) in [5, 5.41) is 1.14. The van der Waals surface area contributed by atoms with Gasteiger partial charge in [-0.05, 0) is 17.7 Å². The fraction of sp³-hybridized carbons (Fsp3) is 0.333. The van der Waals surface area contributed by atoms with Crippen LogP contribution in [0.5, 0.6) is 5.75 Å². The van der Waals surface area contributed by atoms with Crippen LogP contribution in [0, 0.1) is 5.92 Å². The van der Waals surface area contributed by atoms with Crippen molar-refractivity contribution < 1.29 is 23.8 Å². The van der Waals surface area contributed by atoms with Crippen molar-refractivity contribution in [2.45, 2.75) is 18.6 Å². The third kappa shape index (κ3) is 4.39. The summed E-state index contributed by atoms with van der Waals surface area (Å²) >= 11 is 0. The molecule has 0 bridgehead atoms. The highest BCUT2D eigenvalue weighted by molar-refractivity contribution is 6.91. The van der Waals surface area contributed by atoms with Crippen molar-refractivity contribution >= 4 is 25.2 Å². The van der Waals surface area contributed by atoms with E-state index in [2.05, 4.69) is 13.1 Å². The van der Waals surface area contributed by atoms with E-state index in [0.29, 0.717) is 5.75 Å². The van der Waals surface area contributed by atoms with Gasteiger partial charge < -0.3 is 14.2 Å². The van der Waals surface area contributed by atoms with E-state index < -0.39 is 25.9 Å². The standard InChI is InChI=1S/C21H26O5Si/c1-24-16-13-11-15(12-14-16)19(18(20(22)25-2)21(23)26-3)27(4,5)17-9-7-6-8-10-17/h6-14,18-19H,1-5H3. The topological polar surface area (TPSA) is 61.8 Å². The summed E-state index contributed by atoms with van der Waals surface area (Å²) in [7, 11) is 1.84. The van der Waals surface area contributed by atoms with Crippen LogP contribution in [0.1, 0.15) is 11.1 Å². The highest BCUT2D eigenvalue weighted by Gasteiger charge is 2.47. The van der Waals surface area contributed by atoms with Crippen molar-refractivity contribution in [2.75, 3.05) is 21.3 Å². The Morgan fingerprint density at radius 1 is 0.815 bits per heavy atom. The number of methoxy groups -OCH3 is 3. The van der Waals surface area contributed by atoms with Crippen LogP contribution in [0.2, 0.25) is 13.1 Å². The number of benzene rings is 2. The van der Waals surface area contributed by atoms with Crippen LogP contribution in [-0.4, -0.2) is 41.3 Å². The monoisotopic (exact) mass is 386 g/mol. The Labute approximate surface area is 161 Å². The molecule has 0 amide bonds. The average molecular weight is 387 g/mol. The Kier molecular flexibility index (Phi) is 6.79. The lowest BCUT2D eigenvalue weighted by Gasteiger charge is -2.36. The maximum Gasteiger partial charge on any atom is 0.320 e. The Balaban J connectivity index is 2.65. The first-order valence-corrected chi connectivity index (χ1v) is 11.8. The number of esters is 2. The molecule has 0 saturated carbocycles. The highest BCUT2D eigenvalue weighted by Crippen LogP contribution is 2.36. The SMILES string of the molecule is COC(=O)C(C(=O)OC)C(c1ccc(OC)cc1)[Si](C)(C)c1ccccc1. The van der Waals surface area contributed by atoms with Gasteiger partial charge >= 0.3 is 11.9 Å². The molecule has 2 aromatic carbocycles. The molecule has 0 saturated heterocycles. The highest BCUT2D eigenvalue weighted by atomic mass is 28.3. The molecule has 0 aliphatic heterocycles. The smallest absolute Gasteiger partial charge is 0.320 e. The van der Waals surface area contributed by atoms with Crippen molar-refractivity contribution in [2.24, 2.45) is 5.92 Å². The zero-order chi connectivity index (χ0) is 20.0. The van der Waals surface area contributed by atoms with Crippen molar-refractivity contribution in [1.82, 2.24) is 0 Å². The van der Waals surface area contributed by atoms with Gasteiger partial charge in [0.1, 0.15) is 5.75 Å². The molecule has 144 valence electrons. The number of rotatable bonds is 7. The summed E-state index contributed by atoms with van der Waals surface area (Å²) < 4.78 is 15.2. The molecule has 0 aliphatic carbocycles. The van der Waals surface area contributed by atoms with Gasteiger partial charge in [-0.1, -0.05) is 60.7 Å². The number of ether oxygens (including phenoxy) is 3. The van der Waals surface area contributed by atoms with Gasteiger partial charge in [0.2, 0.25) is 0 Å². The lowest BCUT2D eigenvalue weighted by atomic mass is 9.98. The normalized spacial score (nSPS) is 12.4. The molecule has 0 aromatic heterocycles. The number of carbonyl (C=O) groups is 2. The predicted molar refractivity (Wildman–Crippen MR) is 107 cm³/mol. The van der Waals surface area contributed by atoms with Gasteiger partial charge in [0, 0.05) is 5.54 Å². The molecule has 2 rings (SSSR count). The molecule has 0 fully saturated rings. The van der Waals surface area contributed by atoms with E-state index in [0.717, 1.165) is 10.8 Å². The zero-order valence-corrected chi connectivity index (χ0v) is 17.4. The zero-order valence-electron chi connectivity index (χ0n) is 16.4. The Hall–Kier alpha value is -2.60. The molecule has 0 N–H and O–H groups in total. The minimum absolute atomic E-state index is 0.356. The van der Waals surface area contributed by atoms with Crippen molar-refractivity contribution in [3.63, 3.8) is 0 Å². The quantitative estimate of drug-likeness (QED) is 0.416. The van der Waals surface area contributed by atoms with Gasteiger partial charge in [-0.3, -0.25) is 9.59 Å². The molecular weight excluding hydrogens is 360 g/mol. The fourth-order valence-electron chi connectivity index (χ4n) is 3.51. The third-order valence-electron chi connectivity index (χ3n) is 5.01. The first-order valence-electron chi connectivity index (χ1n) is 8.72. The Bertz CT molecular complexity index is 755. The van der Waals surface area contributed by atoms with E-state index in [1.165, 1.54) is 14.2 Å². The van der Waals surface area contributed by atoms with Crippen LogP contribution in [0.3, 0.4) is 0 Å². The first-order chi connectivity index (χ1) is 12.9. The number of carbonyl (C=O) groups excluding carboxylic acids is 2. The molecular formula is C21H26O5Si. The van der Waals surface area contributed by atoms with Crippen molar-refractivity contribution in [3.05, 3.63) is 60.2 Å². The van der Waals surface area contributed by atoms with Crippen LogP contribution < -0.4 is 9.92 Å². The van der Waals surface area contributed by atoms with Crippen LogP contribution in [0.4, 0.5) is 0 Å². The molecule has 0 radical (unpaired) electrons. The molecule has 5 nitrogen and oxygen atoms in total. The summed E-state index contributed by atoms with van der Waals surface area (Å²) in [6.45, 7) is 4.30.